The third-order valence-electron chi connectivity index (χ3n) is 0. The Morgan fingerprint density at radius 3 is 0.769 bits per heavy atom. The van der Waals surface area contributed by atoms with Crippen LogP contribution in [-0.2, 0) is 37.9 Å². The molecule has 0 aromatic heterocycles. The van der Waals surface area contributed by atoms with Gasteiger partial charge in [0.15, 0.2) is 0 Å². The molecule has 0 amide bonds. The third-order valence-corrected chi connectivity index (χ3v) is 0. The fourth-order valence-electron chi connectivity index (χ4n) is 0. The second-order valence-electron chi connectivity index (χ2n) is 0.896. The molecule has 0 spiro atoms. The van der Waals surface area contributed by atoms with E-state index in [0.717, 1.165) is 0 Å². The van der Waals surface area contributed by atoms with E-state index in [2.05, 4.69) is 0 Å². The number of hydrogen-bond donors (Lipinski definition) is 4. The van der Waals surface area contributed by atoms with Gasteiger partial charge in [0.05, 0.1) is 0 Å². The van der Waals surface area contributed by atoms with Gasteiger partial charge in [0.1, 0.15) is 0 Å². The van der Waals surface area contributed by atoms with Gasteiger partial charge in [0.2, 0.25) is 0 Å². The van der Waals surface area contributed by atoms with E-state index >= 15 is 0 Å². The quantitative estimate of drug-likeness (QED) is 0.241. The van der Waals surface area contributed by atoms with Gasteiger partial charge in [-0.1, -0.05) is 0 Å². The Hall–Kier alpha value is 2.42. The van der Waals surface area contributed by atoms with Crippen LogP contribution in [-0.4, -0.2) is 52.1 Å². The molecule has 0 saturated heterocycles. The summed E-state index contributed by atoms with van der Waals surface area (Å²) in [6.45, 7) is 0. The van der Waals surface area contributed by atoms with E-state index in [1.807, 2.05) is 0 Å². The summed E-state index contributed by atoms with van der Waals surface area (Å²) < 4.78 is 63.2. The van der Waals surface area contributed by atoms with Gasteiger partial charge in [-0.15, -0.1) is 0 Å². The van der Waals surface area contributed by atoms with Crippen molar-refractivity contribution in [2.75, 3.05) is 0 Å². The van der Waals surface area contributed by atoms with Crippen molar-refractivity contribution in [2.24, 2.45) is 0 Å². The van der Waals surface area contributed by atoms with E-state index in [1.54, 1.807) is 0 Å². The van der Waals surface area contributed by atoms with Gasteiger partial charge in [-0.25, -0.2) is 0 Å². The molecule has 8 nitrogen and oxygen atoms in total. The summed E-state index contributed by atoms with van der Waals surface area (Å²) in [5.41, 5.74) is 0. The molecule has 13 heteroatoms. The molecule has 13 heavy (non-hydrogen) atoms. The molecule has 85 valence electrons. The van der Waals surface area contributed by atoms with Crippen molar-refractivity contribution in [3.63, 3.8) is 0 Å². The molecule has 0 aliphatic carbocycles. The van der Waals surface area contributed by atoms with E-state index in [0.29, 0.717) is 0 Å². The van der Waals surface area contributed by atoms with Gasteiger partial charge < -0.3 is 1.43 Å². The third kappa shape index (κ3) is 381. The SMILES string of the molecule is O=S(=O)(O)O.O=S(=O)(O)O.[Cu].[H-].[K+].[SeH2]. The van der Waals surface area contributed by atoms with Crippen molar-refractivity contribution >= 4 is 37.9 Å². The Morgan fingerprint density at radius 2 is 0.769 bits per heavy atom. The number of hydrogen-bond acceptors (Lipinski definition) is 4. The monoisotopic (exact) mass is 381 g/mol. The summed E-state index contributed by atoms with van der Waals surface area (Å²) >= 11 is 0. The molecule has 0 bridgehead atoms. The first-order chi connectivity index (χ1) is 4.00. The van der Waals surface area contributed by atoms with Crippen molar-refractivity contribution in [1.29, 1.82) is 0 Å². The van der Waals surface area contributed by atoms with Gasteiger partial charge in [-0.05, 0) is 0 Å². The first-order valence-electron chi connectivity index (χ1n) is 1.40. The molecule has 1 radical (unpaired) electrons. The van der Waals surface area contributed by atoms with Crippen molar-refractivity contribution in [3.05, 3.63) is 0 Å². The van der Waals surface area contributed by atoms with E-state index in [4.69, 9.17) is 35.0 Å². The predicted molar refractivity (Wildman–Crippen MR) is 38.0 cm³/mol. The van der Waals surface area contributed by atoms with Gasteiger partial charge in [-0.2, -0.15) is 16.8 Å². The molecular formula is H7CuKO8S2Se. The minimum atomic E-state index is -4.67. The zero-order chi connectivity index (χ0) is 9.00. The summed E-state index contributed by atoms with van der Waals surface area (Å²) in [6.07, 6.45) is 0. The maximum atomic E-state index is 8.74. The normalized spacial score (nSPS) is 8.92. The van der Waals surface area contributed by atoms with Crippen molar-refractivity contribution < 1.29 is 105 Å². The van der Waals surface area contributed by atoms with Gasteiger partial charge in [0.25, 0.3) is 0 Å². The Balaban J connectivity index is -0.0000000178. The Kier molecular flexibility index (Phi) is 28.4. The Labute approximate surface area is 140 Å². The number of rotatable bonds is 0. The molecule has 0 rings (SSSR count). The molecule has 0 aromatic rings. The Morgan fingerprint density at radius 1 is 0.769 bits per heavy atom. The van der Waals surface area contributed by atoms with Crippen LogP contribution in [0.1, 0.15) is 1.43 Å². The predicted octanol–water partition coefficient (Wildman–Crippen LogP) is -5.11. The van der Waals surface area contributed by atoms with Crippen molar-refractivity contribution in [2.45, 2.75) is 0 Å². The van der Waals surface area contributed by atoms with E-state index in [9.17, 15) is 0 Å². The summed E-state index contributed by atoms with van der Waals surface area (Å²) in [7, 11) is -9.33. The van der Waals surface area contributed by atoms with E-state index < -0.39 is 20.8 Å². The van der Waals surface area contributed by atoms with Gasteiger partial charge in [0, 0.05) is 17.1 Å². The molecule has 0 aromatic carbocycles. The summed E-state index contributed by atoms with van der Waals surface area (Å²) in [5, 5.41) is 0. The summed E-state index contributed by atoms with van der Waals surface area (Å²) in [4.78, 5) is 0. The first-order valence-corrected chi connectivity index (χ1v) is 4.19. The molecular weight excluding hydrogens is 374 g/mol. The molecule has 0 unspecified atom stereocenters. The molecule has 0 saturated carbocycles. The second kappa shape index (κ2) is 12.5. The van der Waals surface area contributed by atoms with Crippen LogP contribution in [0, 0.1) is 0 Å². The molecule has 0 heterocycles. The first kappa shape index (κ1) is 29.5. The summed E-state index contributed by atoms with van der Waals surface area (Å²) in [6, 6.07) is 0. The average molecular weight is 381 g/mol. The van der Waals surface area contributed by atoms with Gasteiger partial charge >= 0.3 is 89.3 Å². The average Bonchev–Trinajstić information content (AvgIpc) is 1.12. The fourth-order valence-corrected chi connectivity index (χ4v) is 0. The molecule has 0 atom stereocenters. The van der Waals surface area contributed by atoms with Gasteiger partial charge in [-0.3, -0.25) is 18.2 Å². The van der Waals surface area contributed by atoms with E-state index in [-0.39, 0.29) is 86.9 Å². The molecule has 0 aliphatic rings. The second-order valence-corrected chi connectivity index (χ2v) is 2.69. The van der Waals surface area contributed by atoms with Crippen LogP contribution in [0.15, 0.2) is 0 Å². The topological polar surface area (TPSA) is 149 Å². The van der Waals surface area contributed by atoms with Crippen LogP contribution in [0.4, 0.5) is 0 Å². The van der Waals surface area contributed by atoms with Crippen molar-refractivity contribution in [1.82, 2.24) is 0 Å². The zero-order valence-corrected chi connectivity index (χ0v) is 13.8. The van der Waals surface area contributed by atoms with Crippen LogP contribution in [0.25, 0.3) is 0 Å². The maximum absolute atomic E-state index is 8.74. The fraction of sp³-hybridized carbons (Fsp3) is 0. The Bertz CT molecular complexity index is 224. The molecule has 0 aliphatic heterocycles. The standard InChI is InChI=1S/Cu.K.2H2O4S.H2Se.H/c;;2*1-5(2,3)4;;/h;;2*(H2,1,2,3,4);1H2;/q;+1;;;;-1. The molecule has 0 fully saturated rings. The molecule has 4 N–H and O–H groups in total. The van der Waals surface area contributed by atoms with Crippen LogP contribution in [0.3, 0.4) is 0 Å². The van der Waals surface area contributed by atoms with Crippen LogP contribution >= 0.6 is 0 Å². The zero-order valence-electron chi connectivity index (χ0n) is 7.04. The van der Waals surface area contributed by atoms with Crippen LogP contribution in [0.5, 0.6) is 0 Å². The van der Waals surface area contributed by atoms with Crippen LogP contribution in [0.2, 0.25) is 0 Å². The van der Waals surface area contributed by atoms with E-state index in [1.165, 1.54) is 0 Å². The summed E-state index contributed by atoms with van der Waals surface area (Å²) in [5.74, 6) is 0. The van der Waals surface area contributed by atoms with Crippen molar-refractivity contribution in [3.8, 4) is 0 Å². The van der Waals surface area contributed by atoms with Crippen LogP contribution < -0.4 is 51.4 Å². The minimum absolute atomic E-state index is 0.